The lowest BCUT2D eigenvalue weighted by Crippen LogP contribution is -2.32. The number of rotatable bonds is 3. The van der Waals surface area contributed by atoms with Gasteiger partial charge in [-0.15, -0.1) is 0 Å². The average molecular weight is 272 g/mol. The van der Waals surface area contributed by atoms with Gasteiger partial charge >= 0.3 is 0 Å². The molecule has 1 N–H and O–H groups in total. The summed E-state index contributed by atoms with van der Waals surface area (Å²) in [6, 6.07) is 6.71. The van der Waals surface area contributed by atoms with Gasteiger partial charge in [0.25, 0.3) is 0 Å². The molecule has 0 spiro atoms. The molecule has 1 saturated heterocycles. The molecular weight excluding hydrogens is 252 g/mol. The lowest BCUT2D eigenvalue weighted by Gasteiger charge is -2.28. The normalized spacial score (nSPS) is 26.9. The SMILES string of the molecule is CC1CC(Nc2ccc3oc(C4CC4)nc3c2)CCO1. The third-order valence-corrected chi connectivity index (χ3v) is 4.19. The number of ether oxygens (including phenoxy) is 1. The minimum Gasteiger partial charge on any atom is -0.440 e. The van der Waals surface area contributed by atoms with E-state index >= 15 is 0 Å². The first-order chi connectivity index (χ1) is 9.78. The summed E-state index contributed by atoms with van der Waals surface area (Å²) in [5, 5.41) is 3.60. The van der Waals surface area contributed by atoms with Crippen molar-refractivity contribution in [3.8, 4) is 0 Å². The van der Waals surface area contributed by atoms with Crippen LogP contribution in [0, 0.1) is 0 Å². The van der Waals surface area contributed by atoms with Crippen molar-refractivity contribution in [2.24, 2.45) is 0 Å². The fourth-order valence-corrected chi connectivity index (χ4v) is 2.90. The van der Waals surface area contributed by atoms with Crippen molar-refractivity contribution in [2.75, 3.05) is 11.9 Å². The van der Waals surface area contributed by atoms with Crippen LogP contribution in [0.15, 0.2) is 22.6 Å². The number of benzene rings is 1. The van der Waals surface area contributed by atoms with Crippen LogP contribution in [0.25, 0.3) is 11.1 Å². The maximum Gasteiger partial charge on any atom is 0.198 e. The second kappa shape index (κ2) is 4.77. The quantitative estimate of drug-likeness (QED) is 0.925. The second-order valence-electron chi connectivity index (χ2n) is 6.06. The third kappa shape index (κ3) is 2.40. The van der Waals surface area contributed by atoms with Crippen molar-refractivity contribution in [1.82, 2.24) is 4.98 Å². The van der Waals surface area contributed by atoms with Crippen molar-refractivity contribution >= 4 is 16.8 Å². The van der Waals surface area contributed by atoms with E-state index in [0.29, 0.717) is 18.1 Å². The first kappa shape index (κ1) is 12.2. The van der Waals surface area contributed by atoms with Gasteiger partial charge in [-0.1, -0.05) is 0 Å². The van der Waals surface area contributed by atoms with Crippen LogP contribution in [0.3, 0.4) is 0 Å². The molecule has 1 saturated carbocycles. The Hall–Kier alpha value is -1.55. The van der Waals surface area contributed by atoms with Crippen molar-refractivity contribution in [1.29, 1.82) is 0 Å². The zero-order chi connectivity index (χ0) is 13.5. The molecule has 0 radical (unpaired) electrons. The van der Waals surface area contributed by atoms with Gasteiger partial charge in [-0.05, 0) is 50.8 Å². The Labute approximate surface area is 118 Å². The van der Waals surface area contributed by atoms with Crippen molar-refractivity contribution in [3.05, 3.63) is 24.1 Å². The highest BCUT2D eigenvalue weighted by molar-refractivity contribution is 5.77. The molecular formula is C16H20N2O2. The van der Waals surface area contributed by atoms with Gasteiger partial charge in [0.2, 0.25) is 0 Å². The van der Waals surface area contributed by atoms with Crippen LogP contribution in [0.4, 0.5) is 5.69 Å². The average Bonchev–Trinajstić information content (AvgIpc) is 3.19. The predicted molar refractivity (Wildman–Crippen MR) is 78.0 cm³/mol. The van der Waals surface area contributed by atoms with E-state index in [9.17, 15) is 0 Å². The van der Waals surface area contributed by atoms with Gasteiger partial charge in [-0.25, -0.2) is 4.98 Å². The summed E-state index contributed by atoms with van der Waals surface area (Å²) in [5.74, 6) is 1.48. The van der Waals surface area contributed by atoms with E-state index in [-0.39, 0.29) is 0 Å². The smallest absolute Gasteiger partial charge is 0.198 e. The molecule has 4 heteroatoms. The summed E-state index contributed by atoms with van der Waals surface area (Å²) in [6.07, 6.45) is 4.91. The Balaban J connectivity index is 1.53. The van der Waals surface area contributed by atoms with Crippen molar-refractivity contribution in [2.45, 2.75) is 50.7 Å². The maximum absolute atomic E-state index is 5.80. The molecule has 2 atom stereocenters. The third-order valence-electron chi connectivity index (χ3n) is 4.19. The largest absolute Gasteiger partial charge is 0.440 e. The Kier molecular flexibility index (Phi) is 2.91. The molecule has 2 aliphatic rings. The van der Waals surface area contributed by atoms with Crippen LogP contribution >= 0.6 is 0 Å². The van der Waals surface area contributed by atoms with Gasteiger partial charge in [-0.2, -0.15) is 0 Å². The number of hydrogen-bond acceptors (Lipinski definition) is 4. The number of hydrogen-bond donors (Lipinski definition) is 1. The zero-order valence-electron chi connectivity index (χ0n) is 11.8. The molecule has 4 nitrogen and oxygen atoms in total. The van der Waals surface area contributed by atoms with E-state index in [1.54, 1.807) is 0 Å². The van der Waals surface area contributed by atoms with Gasteiger partial charge in [0.15, 0.2) is 11.5 Å². The number of nitrogens with zero attached hydrogens (tertiary/aromatic N) is 1. The van der Waals surface area contributed by atoms with Crippen molar-refractivity contribution in [3.63, 3.8) is 0 Å². The summed E-state index contributed by atoms with van der Waals surface area (Å²) in [6.45, 7) is 2.98. The topological polar surface area (TPSA) is 47.3 Å². The summed E-state index contributed by atoms with van der Waals surface area (Å²) >= 11 is 0. The van der Waals surface area contributed by atoms with Gasteiger partial charge in [0.05, 0.1) is 6.10 Å². The molecule has 4 rings (SSSR count). The van der Waals surface area contributed by atoms with E-state index in [4.69, 9.17) is 9.15 Å². The molecule has 106 valence electrons. The number of anilines is 1. The first-order valence-electron chi connectivity index (χ1n) is 7.56. The van der Waals surface area contributed by atoms with E-state index in [0.717, 1.165) is 42.1 Å². The Morgan fingerprint density at radius 1 is 1.25 bits per heavy atom. The monoisotopic (exact) mass is 272 g/mol. The predicted octanol–water partition coefficient (Wildman–Crippen LogP) is 3.68. The van der Waals surface area contributed by atoms with Gasteiger partial charge < -0.3 is 14.5 Å². The molecule has 0 bridgehead atoms. The lowest BCUT2D eigenvalue weighted by molar-refractivity contribution is 0.0232. The molecule has 1 aliphatic carbocycles. The standard InChI is InChI=1S/C16H20N2O2/c1-10-8-13(6-7-19-10)17-12-4-5-15-14(9-12)18-16(20-15)11-2-3-11/h4-5,9-11,13,17H,2-3,6-8H2,1H3. The summed E-state index contributed by atoms with van der Waals surface area (Å²) < 4.78 is 11.4. The fraction of sp³-hybridized carbons (Fsp3) is 0.562. The number of oxazole rings is 1. The maximum atomic E-state index is 5.80. The van der Waals surface area contributed by atoms with E-state index in [2.05, 4.69) is 29.4 Å². The van der Waals surface area contributed by atoms with E-state index in [1.807, 2.05) is 6.07 Å². The molecule has 1 aromatic carbocycles. The summed E-state index contributed by atoms with van der Waals surface area (Å²) in [4.78, 5) is 4.61. The number of aromatic nitrogens is 1. The molecule has 2 fully saturated rings. The van der Waals surface area contributed by atoms with Gasteiger partial charge in [-0.3, -0.25) is 0 Å². The minimum absolute atomic E-state index is 0.346. The Morgan fingerprint density at radius 3 is 2.95 bits per heavy atom. The first-order valence-corrected chi connectivity index (χ1v) is 7.56. The molecule has 1 aliphatic heterocycles. The van der Waals surface area contributed by atoms with Crippen LogP contribution in [-0.2, 0) is 4.74 Å². The van der Waals surface area contributed by atoms with Gasteiger partial charge in [0, 0.05) is 24.3 Å². The molecule has 20 heavy (non-hydrogen) atoms. The van der Waals surface area contributed by atoms with Crippen LogP contribution in [0.2, 0.25) is 0 Å². The zero-order valence-corrected chi connectivity index (χ0v) is 11.8. The molecule has 2 aromatic rings. The number of nitrogens with one attached hydrogen (secondary N) is 1. The Morgan fingerprint density at radius 2 is 2.15 bits per heavy atom. The van der Waals surface area contributed by atoms with Crippen molar-refractivity contribution < 1.29 is 9.15 Å². The Bertz CT molecular complexity index is 618. The number of fused-ring (bicyclic) bond motifs is 1. The highest BCUT2D eigenvalue weighted by Gasteiger charge is 2.29. The van der Waals surface area contributed by atoms with Crippen LogP contribution in [0.1, 0.15) is 44.4 Å². The minimum atomic E-state index is 0.346. The van der Waals surface area contributed by atoms with Crippen LogP contribution < -0.4 is 5.32 Å². The highest BCUT2D eigenvalue weighted by Crippen LogP contribution is 2.40. The molecule has 2 unspecified atom stereocenters. The second-order valence-corrected chi connectivity index (χ2v) is 6.06. The highest BCUT2D eigenvalue weighted by atomic mass is 16.5. The van der Waals surface area contributed by atoms with Crippen LogP contribution in [0.5, 0.6) is 0 Å². The molecule has 0 amide bonds. The molecule has 1 aromatic heterocycles. The van der Waals surface area contributed by atoms with E-state index in [1.165, 1.54) is 12.8 Å². The van der Waals surface area contributed by atoms with Crippen LogP contribution in [-0.4, -0.2) is 23.7 Å². The van der Waals surface area contributed by atoms with E-state index < -0.39 is 0 Å². The van der Waals surface area contributed by atoms with Gasteiger partial charge in [0.1, 0.15) is 5.52 Å². The lowest BCUT2D eigenvalue weighted by atomic mass is 10.0. The fourth-order valence-electron chi connectivity index (χ4n) is 2.90. The summed E-state index contributed by atoms with van der Waals surface area (Å²) in [7, 11) is 0. The summed E-state index contributed by atoms with van der Waals surface area (Å²) in [5.41, 5.74) is 3.00. The molecule has 2 heterocycles.